The lowest BCUT2D eigenvalue weighted by atomic mass is 10.3. The Labute approximate surface area is 113 Å². The van der Waals surface area contributed by atoms with Crippen molar-refractivity contribution < 1.29 is 13.5 Å². The number of hydrogen-bond donors (Lipinski definition) is 1. The number of rotatable bonds is 2. The van der Waals surface area contributed by atoms with Crippen LogP contribution < -0.4 is 0 Å². The standard InChI is InChI=1S/C10H11BrClNO3S/c11-7-1-2-10(9(12)5-7)17(15,16)13-4-3-8(14)6-13/h1-2,5,8,14H,3-4,6H2. The van der Waals surface area contributed by atoms with Gasteiger partial charge in [0.2, 0.25) is 10.0 Å². The third-order valence-corrected chi connectivity index (χ3v) is 5.48. The summed E-state index contributed by atoms with van der Waals surface area (Å²) < 4.78 is 26.4. The fraction of sp³-hybridized carbons (Fsp3) is 0.400. The lowest BCUT2D eigenvalue weighted by Crippen LogP contribution is -2.29. The first kappa shape index (κ1) is 13.3. The van der Waals surface area contributed by atoms with E-state index >= 15 is 0 Å². The molecule has 1 fully saturated rings. The van der Waals surface area contributed by atoms with E-state index in [2.05, 4.69) is 15.9 Å². The molecule has 1 heterocycles. The molecule has 1 saturated heterocycles. The highest BCUT2D eigenvalue weighted by atomic mass is 79.9. The van der Waals surface area contributed by atoms with E-state index in [1.54, 1.807) is 12.1 Å². The Morgan fingerprint density at radius 2 is 2.18 bits per heavy atom. The highest BCUT2D eigenvalue weighted by molar-refractivity contribution is 9.10. The van der Waals surface area contributed by atoms with E-state index in [0.29, 0.717) is 13.0 Å². The van der Waals surface area contributed by atoms with Gasteiger partial charge in [0.1, 0.15) is 4.90 Å². The van der Waals surface area contributed by atoms with Gasteiger partial charge in [0.05, 0.1) is 11.1 Å². The van der Waals surface area contributed by atoms with E-state index in [1.807, 2.05) is 0 Å². The van der Waals surface area contributed by atoms with Crippen molar-refractivity contribution in [2.45, 2.75) is 17.4 Å². The summed E-state index contributed by atoms with van der Waals surface area (Å²) in [4.78, 5) is 0.0801. The molecule has 0 aliphatic carbocycles. The van der Waals surface area contributed by atoms with Crippen molar-refractivity contribution in [3.8, 4) is 0 Å². The highest BCUT2D eigenvalue weighted by Crippen LogP contribution is 2.29. The van der Waals surface area contributed by atoms with Crippen molar-refractivity contribution in [1.82, 2.24) is 4.31 Å². The Morgan fingerprint density at radius 1 is 1.47 bits per heavy atom. The van der Waals surface area contributed by atoms with Gasteiger partial charge in [0.25, 0.3) is 0 Å². The maximum absolute atomic E-state index is 12.2. The van der Waals surface area contributed by atoms with Gasteiger partial charge in [0, 0.05) is 17.6 Å². The van der Waals surface area contributed by atoms with Crippen molar-refractivity contribution in [3.05, 3.63) is 27.7 Å². The molecule has 2 rings (SSSR count). The molecule has 1 unspecified atom stereocenters. The SMILES string of the molecule is O=S(=O)(c1ccc(Br)cc1Cl)N1CCC(O)C1. The van der Waals surface area contributed by atoms with Crippen LogP contribution in [0.4, 0.5) is 0 Å². The number of sulfonamides is 1. The molecule has 0 amide bonds. The molecule has 0 saturated carbocycles. The third kappa shape index (κ3) is 2.66. The lowest BCUT2D eigenvalue weighted by molar-refractivity contribution is 0.189. The number of halogens is 2. The number of aliphatic hydroxyl groups excluding tert-OH is 1. The second-order valence-corrected chi connectivity index (χ2v) is 7.11. The van der Waals surface area contributed by atoms with Crippen LogP contribution in [0.5, 0.6) is 0 Å². The second kappa shape index (κ2) is 4.85. The number of benzene rings is 1. The molecule has 0 spiro atoms. The van der Waals surface area contributed by atoms with Gasteiger partial charge >= 0.3 is 0 Å². The molecule has 0 radical (unpaired) electrons. The fourth-order valence-electron chi connectivity index (χ4n) is 1.75. The molecule has 1 aliphatic rings. The largest absolute Gasteiger partial charge is 0.392 e. The van der Waals surface area contributed by atoms with Crippen LogP contribution in [0.25, 0.3) is 0 Å². The Hall–Kier alpha value is -0.140. The van der Waals surface area contributed by atoms with Crippen molar-refractivity contribution >= 4 is 37.6 Å². The van der Waals surface area contributed by atoms with E-state index in [9.17, 15) is 13.5 Å². The van der Waals surface area contributed by atoms with Crippen LogP contribution >= 0.6 is 27.5 Å². The van der Waals surface area contributed by atoms with Gasteiger partial charge in [-0.05, 0) is 24.6 Å². The second-order valence-electron chi connectivity index (χ2n) is 3.88. The topological polar surface area (TPSA) is 57.6 Å². The summed E-state index contributed by atoms with van der Waals surface area (Å²) in [5, 5.41) is 9.56. The van der Waals surface area contributed by atoms with Gasteiger partial charge in [0.15, 0.2) is 0 Å². The quantitative estimate of drug-likeness (QED) is 0.894. The van der Waals surface area contributed by atoms with Crippen LogP contribution in [0.2, 0.25) is 5.02 Å². The molecular formula is C10H11BrClNO3S. The molecule has 4 nitrogen and oxygen atoms in total. The van der Waals surface area contributed by atoms with Gasteiger partial charge in [-0.2, -0.15) is 4.31 Å². The zero-order valence-electron chi connectivity index (χ0n) is 8.81. The average Bonchev–Trinajstić information content (AvgIpc) is 2.64. The predicted molar refractivity (Wildman–Crippen MR) is 68.5 cm³/mol. The van der Waals surface area contributed by atoms with Crippen LogP contribution in [-0.4, -0.2) is 37.0 Å². The van der Waals surface area contributed by atoms with Crippen LogP contribution in [0.1, 0.15) is 6.42 Å². The van der Waals surface area contributed by atoms with Gasteiger partial charge in [-0.15, -0.1) is 0 Å². The predicted octanol–water partition coefficient (Wildman–Crippen LogP) is 1.86. The van der Waals surface area contributed by atoms with Crippen LogP contribution in [-0.2, 0) is 10.0 Å². The Morgan fingerprint density at radius 3 is 2.71 bits per heavy atom. The first-order chi connectivity index (χ1) is 7.91. The molecule has 1 aromatic rings. The summed E-state index contributed by atoms with van der Waals surface area (Å²) in [6, 6.07) is 4.64. The average molecular weight is 341 g/mol. The van der Waals surface area contributed by atoms with Gasteiger partial charge < -0.3 is 5.11 Å². The maximum atomic E-state index is 12.2. The molecule has 94 valence electrons. The molecule has 1 atom stereocenters. The van der Waals surface area contributed by atoms with Gasteiger partial charge in [-0.3, -0.25) is 0 Å². The Kier molecular flexibility index (Phi) is 3.80. The number of β-amino-alcohol motifs (C(OH)–C–C–N with tert-alkyl or cyclic N) is 1. The molecule has 17 heavy (non-hydrogen) atoms. The first-order valence-electron chi connectivity index (χ1n) is 5.04. The van der Waals surface area contributed by atoms with Crippen LogP contribution in [0.15, 0.2) is 27.6 Å². The molecule has 1 N–H and O–H groups in total. The lowest BCUT2D eigenvalue weighted by Gasteiger charge is -2.16. The molecule has 0 bridgehead atoms. The first-order valence-corrected chi connectivity index (χ1v) is 7.65. The third-order valence-electron chi connectivity index (χ3n) is 2.64. The Bertz CT molecular complexity index is 534. The Balaban J connectivity index is 2.38. The zero-order chi connectivity index (χ0) is 12.6. The summed E-state index contributed by atoms with van der Waals surface area (Å²) in [5.74, 6) is 0. The molecule has 7 heteroatoms. The smallest absolute Gasteiger partial charge is 0.244 e. The minimum Gasteiger partial charge on any atom is -0.392 e. The van der Waals surface area contributed by atoms with Crippen molar-refractivity contribution in [3.63, 3.8) is 0 Å². The van der Waals surface area contributed by atoms with E-state index in [4.69, 9.17) is 11.6 Å². The number of aliphatic hydroxyl groups is 1. The molecule has 0 aromatic heterocycles. The number of nitrogens with zero attached hydrogens (tertiary/aromatic N) is 1. The van der Waals surface area contributed by atoms with Gasteiger partial charge in [-0.25, -0.2) is 8.42 Å². The monoisotopic (exact) mass is 339 g/mol. The zero-order valence-corrected chi connectivity index (χ0v) is 12.0. The molecule has 1 aliphatic heterocycles. The summed E-state index contributed by atoms with van der Waals surface area (Å²) in [6.45, 7) is 0.463. The van der Waals surface area contributed by atoms with E-state index in [-0.39, 0.29) is 16.5 Å². The maximum Gasteiger partial charge on any atom is 0.244 e. The van der Waals surface area contributed by atoms with E-state index in [0.717, 1.165) is 4.47 Å². The molecule has 1 aromatic carbocycles. The van der Waals surface area contributed by atoms with Crippen LogP contribution in [0.3, 0.4) is 0 Å². The summed E-state index contributed by atoms with van der Waals surface area (Å²) in [7, 11) is -3.60. The van der Waals surface area contributed by atoms with E-state index < -0.39 is 16.1 Å². The fourth-order valence-corrected chi connectivity index (χ4v) is 4.26. The van der Waals surface area contributed by atoms with E-state index in [1.165, 1.54) is 10.4 Å². The van der Waals surface area contributed by atoms with Crippen molar-refractivity contribution in [1.29, 1.82) is 0 Å². The van der Waals surface area contributed by atoms with Gasteiger partial charge in [-0.1, -0.05) is 27.5 Å². The number of hydrogen-bond acceptors (Lipinski definition) is 3. The van der Waals surface area contributed by atoms with Crippen molar-refractivity contribution in [2.75, 3.05) is 13.1 Å². The summed E-state index contributed by atoms with van der Waals surface area (Å²) in [5.41, 5.74) is 0. The highest BCUT2D eigenvalue weighted by Gasteiger charge is 2.32. The summed E-state index contributed by atoms with van der Waals surface area (Å²) >= 11 is 9.15. The normalized spacial score (nSPS) is 21.9. The minimum atomic E-state index is -3.60. The summed E-state index contributed by atoms with van der Waals surface area (Å²) in [6.07, 6.45) is -0.119. The van der Waals surface area contributed by atoms with Crippen LogP contribution in [0, 0.1) is 0 Å². The molecular weight excluding hydrogens is 330 g/mol. The minimum absolute atomic E-state index is 0.0801. The van der Waals surface area contributed by atoms with Crippen molar-refractivity contribution in [2.24, 2.45) is 0 Å².